The number of amides is 1. The average Bonchev–Trinajstić information content (AvgIpc) is 2.91. The van der Waals surface area contributed by atoms with Gasteiger partial charge in [0.1, 0.15) is 6.61 Å². The van der Waals surface area contributed by atoms with E-state index in [2.05, 4.69) is 26.5 Å². The average molecular weight is 572 g/mol. The summed E-state index contributed by atoms with van der Waals surface area (Å²) in [6.07, 6.45) is 2.33. The number of methoxy groups -OCH3 is 2. The zero-order chi connectivity index (χ0) is 26.8. The number of hydrogen-bond acceptors (Lipinski definition) is 8. The summed E-state index contributed by atoms with van der Waals surface area (Å²) in [7, 11) is 3.02. The fourth-order valence-corrected chi connectivity index (χ4v) is 3.77. The van der Waals surface area contributed by atoms with Crippen LogP contribution in [0.15, 0.2) is 64.2 Å². The van der Waals surface area contributed by atoms with Crippen LogP contribution in [0.2, 0.25) is 0 Å². The third-order valence-corrected chi connectivity index (χ3v) is 5.64. The van der Waals surface area contributed by atoms with Crippen molar-refractivity contribution in [1.82, 2.24) is 5.43 Å². The van der Waals surface area contributed by atoms with Crippen LogP contribution in [0, 0.1) is 10.1 Å². The lowest BCUT2D eigenvalue weighted by Gasteiger charge is -2.13. The second-order valence-corrected chi connectivity index (χ2v) is 8.51. The molecule has 0 spiro atoms. The SMILES string of the molecule is CCCOc1ccc(C(=O)N/N=C/c2cc(Br)c(OCc3ccc([N+](=O)[O-])cc3)c(OC)c2)cc1OC. The number of hydrazone groups is 1. The Kier molecular flexibility index (Phi) is 9.84. The van der Waals surface area contributed by atoms with Crippen LogP contribution in [0.25, 0.3) is 0 Å². The molecule has 194 valence electrons. The molecule has 0 heterocycles. The molecule has 0 aliphatic carbocycles. The highest BCUT2D eigenvalue weighted by Crippen LogP contribution is 2.37. The number of rotatable bonds is 12. The quantitative estimate of drug-likeness (QED) is 0.173. The summed E-state index contributed by atoms with van der Waals surface area (Å²) in [4.78, 5) is 22.9. The first-order chi connectivity index (χ1) is 17.9. The van der Waals surface area contributed by atoms with E-state index in [1.54, 1.807) is 42.5 Å². The van der Waals surface area contributed by atoms with Crippen molar-refractivity contribution in [2.45, 2.75) is 20.0 Å². The van der Waals surface area contributed by atoms with Crippen LogP contribution in [0.5, 0.6) is 23.0 Å². The van der Waals surface area contributed by atoms with Crippen LogP contribution in [-0.4, -0.2) is 37.9 Å². The molecular weight excluding hydrogens is 546 g/mol. The second kappa shape index (κ2) is 13.3. The van der Waals surface area contributed by atoms with Gasteiger partial charge in [0.05, 0.1) is 36.4 Å². The standard InChI is InChI=1S/C26H26BrN3O7/c1-4-11-36-22-10-7-19(14-23(22)34-2)26(31)29-28-15-18-12-21(27)25(24(13-18)35-3)37-16-17-5-8-20(9-6-17)30(32)33/h5-10,12-15H,4,11,16H2,1-3H3,(H,29,31)/b28-15+. The van der Waals surface area contributed by atoms with Gasteiger partial charge in [-0.2, -0.15) is 5.10 Å². The van der Waals surface area contributed by atoms with Crippen molar-refractivity contribution >= 4 is 33.7 Å². The number of nitrogens with zero attached hydrogens (tertiary/aromatic N) is 2. The number of non-ortho nitro benzene ring substituents is 1. The molecule has 3 rings (SSSR count). The molecule has 0 saturated heterocycles. The molecule has 10 nitrogen and oxygen atoms in total. The predicted octanol–water partition coefficient (Wildman–Crippen LogP) is 5.51. The van der Waals surface area contributed by atoms with Crippen LogP contribution < -0.4 is 24.4 Å². The van der Waals surface area contributed by atoms with Gasteiger partial charge in [-0.25, -0.2) is 5.43 Å². The molecule has 0 aliphatic heterocycles. The van der Waals surface area contributed by atoms with Gasteiger partial charge in [-0.1, -0.05) is 6.92 Å². The van der Waals surface area contributed by atoms with E-state index in [1.165, 1.54) is 32.6 Å². The second-order valence-electron chi connectivity index (χ2n) is 7.66. The molecular formula is C26H26BrN3O7. The van der Waals surface area contributed by atoms with Gasteiger partial charge < -0.3 is 18.9 Å². The molecule has 0 bridgehead atoms. The summed E-state index contributed by atoms with van der Waals surface area (Å²) in [5.74, 6) is 1.52. The first-order valence-corrected chi connectivity index (χ1v) is 12.0. The maximum Gasteiger partial charge on any atom is 0.271 e. The van der Waals surface area contributed by atoms with Crippen LogP contribution >= 0.6 is 15.9 Å². The van der Waals surface area contributed by atoms with E-state index in [-0.39, 0.29) is 12.3 Å². The Labute approximate surface area is 222 Å². The molecule has 3 aromatic carbocycles. The molecule has 0 saturated carbocycles. The van der Waals surface area contributed by atoms with Crippen molar-refractivity contribution in [3.8, 4) is 23.0 Å². The van der Waals surface area contributed by atoms with Crippen molar-refractivity contribution in [2.24, 2.45) is 5.10 Å². The van der Waals surface area contributed by atoms with Gasteiger partial charge in [-0.3, -0.25) is 14.9 Å². The Morgan fingerprint density at radius 1 is 1.03 bits per heavy atom. The Balaban J connectivity index is 1.66. The number of ether oxygens (including phenoxy) is 4. The van der Waals surface area contributed by atoms with E-state index in [9.17, 15) is 14.9 Å². The maximum absolute atomic E-state index is 12.5. The number of nitro groups is 1. The fourth-order valence-electron chi connectivity index (χ4n) is 3.19. The molecule has 0 aromatic heterocycles. The van der Waals surface area contributed by atoms with E-state index in [0.717, 1.165) is 12.0 Å². The number of benzene rings is 3. The third-order valence-electron chi connectivity index (χ3n) is 5.05. The lowest BCUT2D eigenvalue weighted by Crippen LogP contribution is -2.17. The zero-order valence-corrected chi connectivity index (χ0v) is 22.1. The highest BCUT2D eigenvalue weighted by Gasteiger charge is 2.13. The predicted molar refractivity (Wildman–Crippen MR) is 142 cm³/mol. The van der Waals surface area contributed by atoms with Crippen LogP contribution in [0.1, 0.15) is 34.8 Å². The summed E-state index contributed by atoms with van der Waals surface area (Å²) < 4.78 is 22.9. The highest BCUT2D eigenvalue weighted by molar-refractivity contribution is 9.10. The smallest absolute Gasteiger partial charge is 0.271 e. The van der Waals surface area contributed by atoms with Gasteiger partial charge >= 0.3 is 0 Å². The number of hydrogen-bond donors (Lipinski definition) is 1. The normalized spacial score (nSPS) is 10.7. The van der Waals surface area contributed by atoms with E-state index in [1.807, 2.05) is 6.92 Å². The number of nitro benzene ring substituents is 1. The maximum atomic E-state index is 12.5. The molecule has 37 heavy (non-hydrogen) atoms. The molecule has 3 aromatic rings. The van der Waals surface area contributed by atoms with Gasteiger partial charge in [0, 0.05) is 17.7 Å². The van der Waals surface area contributed by atoms with Gasteiger partial charge in [0.25, 0.3) is 11.6 Å². The van der Waals surface area contributed by atoms with Gasteiger partial charge in [-0.15, -0.1) is 0 Å². The number of carbonyl (C=O) groups excluding carboxylic acids is 1. The minimum absolute atomic E-state index is 0.00962. The minimum atomic E-state index is -0.455. The van der Waals surface area contributed by atoms with Gasteiger partial charge in [-0.05, 0) is 75.9 Å². The first kappa shape index (κ1) is 27.5. The van der Waals surface area contributed by atoms with E-state index in [0.29, 0.717) is 45.2 Å². The largest absolute Gasteiger partial charge is 0.493 e. The minimum Gasteiger partial charge on any atom is -0.493 e. The topological polar surface area (TPSA) is 122 Å². The van der Waals surface area contributed by atoms with E-state index >= 15 is 0 Å². The monoisotopic (exact) mass is 571 g/mol. The summed E-state index contributed by atoms with van der Waals surface area (Å²) in [5.41, 5.74) is 4.27. The summed E-state index contributed by atoms with van der Waals surface area (Å²) >= 11 is 3.47. The third kappa shape index (κ3) is 7.43. The molecule has 1 amide bonds. The summed E-state index contributed by atoms with van der Waals surface area (Å²) in [5, 5.41) is 14.9. The van der Waals surface area contributed by atoms with Crippen molar-refractivity contribution < 1.29 is 28.7 Å². The van der Waals surface area contributed by atoms with Crippen LogP contribution in [0.3, 0.4) is 0 Å². The van der Waals surface area contributed by atoms with Gasteiger partial charge in [0.15, 0.2) is 23.0 Å². The Morgan fingerprint density at radius 3 is 2.41 bits per heavy atom. The van der Waals surface area contributed by atoms with E-state index < -0.39 is 10.8 Å². The Hall–Kier alpha value is -4.12. The lowest BCUT2D eigenvalue weighted by atomic mass is 10.2. The molecule has 1 N–H and O–H groups in total. The number of nitrogens with one attached hydrogen (secondary N) is 1. The van der Waals surface area contributed by atoms with E-state index in [4.69, 9.17) is 18.9 Å². The lowest BCUT2D eigenvalue weighted by molar-refractivity contribution is -0.384. The Morgan fingerprint density at radius 2 is 1.76 bits per heavy atom. The highest BCUT2D eigenvalue weighted by atomic mass is 79.9. The molecule has 0 unspecified atom stereocenters. The number of carbonyl (C=O) groups is 1. The molecule has 0 fully saturated rings. The van der Waals surface area contributed by atoms with Crippen LogP contribution in [-0.2, 0) is 6.61 Å². The zero-order valence-electron chi connectivity index (χ0n) is 20.5. The number of halogens is 1. The molecule has 0 radical (unpaired) electrons. The first-order valence-electron chi connectivity index (χ1n) is 11.2. The summed E-state index contributed by atoms with van der Waals surface area (Å²) in [6.45, 7) is 2.73. The van der Waals surface area contributed by atoms with Crippen molar-refractivity contribution in [3.05, 3.63) is 85.9 Å². The van der Waals surface area contributed by atoms with Crippen molar-refractivity contribution in [3.63, 3.8) is 0 Å². The Bertz CT molecular complexity index is 1280. The fraction of sp³-hybridized carbons (Fsp3) is 0.231. The summed E-state index contributed by atoms with van der Waals surface area (Å²) in [6, 6.07) is 14.5. The van der Waals surface area contributed by atoms with Crippen molar-refractivity contribution in [1.29, 1.82) is 0 Å². The van der Waals surface area contributed by atoms with Gasteiger partial charge in [0.2, 0.25) is 0 Å². The van der Waals surface area contributed by atoms with Crippen LogP contribution in [0.4, 0.5) is 5.69 Å². The molecule has 11 heteroatoms. The molecule has 0 aliphatic rings. The molecule has 0 atom stereocenters. The van der Waals surface area contributed by atoms with Crippen molar-refractivity contribution in [2.75, 3.05) is 20.8 Å².